The van der Waals surface area contributed by atoms with Gasteiger partial charge in [-0.15, -0.1) is 0 Å². The number of hydrogen-bond acceptors (Lipinski definition) is 1. The van der Waals surface area contributed by atoms with Crippen molar-refractivity contribution in [1.29, 1.82) is 0 Å². The topological polar surface area (TPSA) is 12.0 Å². The van der Waals surface area contributed by atoms with Crippen LogP contribution in [0.4, 0.5) is 0 Å². The molecule has 0 saturated heterocycles. The van der Waals surface area contributed by atoms with Crippen LogP contribution in [0.5, 0.6) is 0 Å². The van der Waals surface area contributed by atoms with E-state index < -0.39 is 0 Å². The predicted octanol–water partition coefficient (Wildman–Crippen LogP) is 4.65. The first-order valence-electron chi connectivity index (χ1n) is 7.47. The van der Waals surface area contributed by atoms with Crippen LogP contribution in [0.1, 0.15) is 57.7 Å². The molecule has 0 radical (unpaired) electrons. The molecule has 0 aliphatic rings. The van der Waals surface area contributed by atoms with Gasteiger partial charge in [-0.05, 0) is 69.6 Å². The summed E-state index contributed by atoms with van der Waals surface area (Å²) in [5.41, 5.74) is 4.90. The van der Waals surface area contributed by atoms with Gasteiger partial charge in [0.25, 0.3) is 0 Å². The fraction of sp³-hybridized carbons (Fsp3) is 0.667. The maximum Gasteiger partial charge on any atom is 0.00967 e. The van der Waals surface area contributed by atoms with Gasteiger partial charge in [-0.2, -0.15) is 0 Å². The van der Waals surface area contributed by atoms with Crippen LogP contribution in [0.25, 0.3) is 0 Å². The van der Waals surface area contributed by atoms with Crippen molar-refractivity contribution in [2.75, 3.05) is 6.54 Å². The largest absolute Gasteiger partial charge is 0.312 e. The minimum absolute atomic E-state index is 0.192. The lowest BCUT2D eigenvalue weighted by molar-refractivity contribution is 0.254. The third kappa shape index (κ3) is 4.99. The molecular formula is C18H31N. The summed E-state index contributed by atoms with van der Waals surface area (Å²) in [7, 11) is 0. The van der Waals surface area contributed by atoms with Crippen LogP contribution in [-0.2, 0) is 6.42 Å². The average molecular weight is 261 g/mol. The van der Waals surface area contributed by atoms with Crippen LogP contribution in [0.3, 0.4) is 0 Å². The molecule has 1 nitrogen and oxygen atoms in total. The second kappa shape index (κ2) is 6.09. The normalized spacial score (nSPS) is 15.3. The van der Waals surface area contributed by atoms with Crippen LogP contribution in [-0.4, -0.2) is 12.1 Å². The summed E-state index contributed by atoms with van der Waals surface area (Å²) in [4.78, 5) is 0. The summed E-state index contributed by atoms with van der Waals surface area (Å²) in [6, 6.07) is 6.62. The summed E-state index contributed by atoms with van der Waals surface area (Å²) >= 11 is 0. The van der Waals surface area contributed by atoms with Crippen molar-refractivity contribution in [3.8, 4) is 0 Å². The molecule has 1 atom stereocenters. The molecule has 1 rings (SSSR count). The second-order valence-corrected chi connectivity index (χ2v) is 7.31. The van der Waals surface area contributed by atoms with Gasteiger partial charge in [0.15, 0.2) is 0 Å². The molecule has 0 saturated carbocycles. The maximum absolute atomic E-state index is 3.67. The van der Waals surface area contributed by atoms with Gasteiger partial charge in [0, 0.05) is 12.1 Å². The number of nitrogens with one attached hydrogen (secondary N) is 1. The Bertz CT molecular complexity index is 394. The molecule has 108 valence electrons. The van der Waals surface area contributed by atoms with Crippen LogP contribution >= 0.6 is 0 Å². The molecule has 1 aromatic carbocycles. The van der Waals surface area contributed by atoms with Crippen LogP contribution in [0.15, 0.2) is 18.2 Å². The van der Waals surface area contributed by atoms with Crippen LogP contribution < -0.4 is 5.32 Å². The zero-order valence-corrected chi connectivity index (χ0v) is 13.9. The van der Waals surface area contributed by atoms with Gasteiger partial charge >= 0.3 is 0 Å². The van der Waals surface area contributed by atoms with Crippen LogP contribution in [0.2, 0.25) is 0 Å². The fourth-order valence-electron chi connectivity index (χ4n) is 2.35. The van der Waals surface area contributed by atoms with E-state index in [1.54, 1.807) is 0 Å². The SMILES string of the molecule is CCC(C)(CNC(C)(C)C)Cc1c(C)cccc1C. The molecule has 0 heterocycles. The minimum atomic E-state index is 0.192. The van der Waals surface area contributed by atoms with E-state index in [2.05, 4.69) is 72.0 Å². The molecule has 1 aromatic rings. The van der Waals surface area contributed by atoms with E-state index in [-0.39, 0.29) is 5.54 Å². The van der Waals surface area contributed by atoms with Gasteiger partial charge in [0.2, 0.25) is 0 Å². The third-order valence-corrected chi connectivity index (χ3v) is 4.15. The fourth-order valence-corrected chi connectivity index (χ4v) is 2.35. The van der Waals surface area contributed by atoms with E-state index in [1.165, 1.54) is 23.1 Å². The lowest BCUT2D eigenvalue weighted by Gasteiger charge is -2.34. The van der Waals surface area contributed by atoms with E-state index in [1.807, 2.05) is 0 Å². The van der Waals surface area contributed by atoms with Crippen molar-refractivity contribution >= 4 is 0 Å². The lowest BCUT2D eigenvalue weighted by Crippen LogP contribution is -2.43. The third-order valence-electron chi connectivity index (χ3n) is 4.15. The smallest absolute Gasteiger partial charge is 0.00967 e. The number of rotatable bonds is 5. The van der Waals surface area contributed by atoms with Gasteiger partial charge in [0.05, 0.1) is 0 Å². The highest BCUT2D eigenvalue weighted by Crippen LogP contribution is 2.29. The quantitative estimate of drug-likeness (QED) is 0.813. The summed E-state index contributed by atoms with van der Waals surface area (Å²) in [5.74, 6) is 0. The number of benzene rings is 1. The molecule has 1 unspecified atom stereocenters. The molecule has 1 heteroatoms. The van der Waals surface area contributed by atoms with Gasteiger partial charge < -0.3 is 5.32 Å². The van der Waals surface area contributed by atoms with Crippen LogP contribution in [0, 0.1) is 19.3 Å². The molecule has 19 heavy (non-hydrogen) atoms. The van der Waals surface area contributed by atoms with Crippen molar-refractivity contribution < 1.29 is 0 Å². The minimum Gasteiger partial charge on any atom is -0.312 e. The van der Waals surface area contributed by atoms with Gasteiger partial charge in [-0.25, -0.2) is 0 Å². The highest BCUT2D eigenvalue weighted by Gasteiger charge is 2.25. The van der Waals surface area contributed by atoms with Gasteiger partial charge in [0.1, 0.15) is 0 Å². The lowest BCUT2D eigenvalue weighted by atomic mass is 9.78. The molecule has 0 amide bonds. The van der Waals surface area contributed by atoms with Crippen molar-refractivity contribution in [3.63, 3.8) is 0 Å². The Balaban J connectivity index is 2.86. The molecular weight excluding hydrogens is 230 g/mol. The highest BCUT2D eigenvalue weighted by atomic mass is 15.0. The van der Waals surface area contributed by atoms with Gasteiger partial charge in [-0.1, -0.05) is 32.0 Å². The monoisotopic (exact) mass is 261 g/mol. The van der Waals surface area contributed by atoms with Crippen molar-refractivity contribution in [2.45, 2.75) is 66.8 Å². The molecule has 0 bridgehead atoms. The zero-order chi connectivity index (χ0) is 14.7. The van der Waals surface area contributed by atoms with Crippen molar-refractivity contribution in [3.05, 3.63) is 34.9 Å². The molecule has 0 aliphatic carbocycles. The Labute approximate surface area is 119 Å². The summed E-state index contributed by atoms with van der Waals surface area (Å²) < 4.78 is 0. The van der Waals surface area contributed by atoms with E-state index in [0.29, 0.717) is 5.41 Å². The summed E-state index contributed by atoms with van der Waals surface area (Å²) in [5, 5.41) is 3.67. The van der Waals surface area contributed by atoms with Crippen molar-refractivity contribution in [2.24, 2.45) is 5.41 Å². The first kappa shape index (κ1) is 16.2. The zero-order valence-electron chi connectivity index (χ0n) is 13.9. The first-order valence-corrected chi connectivity index (χ1v) is 7.47. The average Bonchev–Trinajstić information content (AvgIpc) is 2.31. The number of aryl methyl sites for hydroxylation is 2. The van der Waals surface area contributed by atoms with Crippen molar-refractivity contribution in [1.82, 2.24) is 5.32 Å². The Hall–Kier alpha value is -0.820. The molecule has 0 aliphatic heterocycles. The van der Waals surface area contributed by atoms with E-state index >= 15 is 0 Å². The summed E-state index contributed by atoms with van der Waals surface area (Å²) in [6.45, 7) is 17.0. The Kier molecular flexibility index (Phi) is 5.20. The highest BCUT2D eigenvalue weighted by molar-refractivity contribution is 5.34. The van der Waals surface area contributed by atoms with E-state index in [9.17, 15) is 0 Å². The molecule has 0 spiro atoms. The van der Waals surface area contributed by atoms with E-state index in [0.717, 1.165) is 13.0 Å². The van der Waals surface area contributed by atoms with Gasteiger partial charge in [-0.3, -0.25) is 0 Å². The maximum atomic E-state index is 3.67. The molecule has 0 fully saturated rings. The van der Waals surface area contributed by atoms with E-state index in [4.69, 9.17) is 0 Å². The molecule has 0 aromatic heterocycles. The Morgan fingerprint density at radius 2 is 1.53 bits per heavy atom. The number of hydrogen-bond donors (Lipinski definition) is 1. The first-order chi connectivity index (χ1) is 8.67. The second-order valence-electron chi connectivity index (χ2n) is 7.31. The predicted molar refractivity (Wildman–Crippen MR) is 85.8 cm³/mol. The summed E-state index contributed by atoms with van der Waals surface area (Å²) in [6.07, 6.45) is 2.36. The Morgan fingerprint density at radius 3 is 1.95 bits per heavy atom. The molecule has 1 N–H and O–H groups in total. The standard InChI is InChI=1S/C18H31N/c1-8-18(7,13-19-17(4,5)6)12-16-14(2)10-9-11-15(16)3/h9-11,19H,8,12-13H2,1-7H3. The Morgan fingerprint density at radius 1 is 1.00 bits per heavy atom.